The maximum Gasteiger partial charge on any atom is 0.417 e. The Morgan fingerprint density at radius 2 is 2.11 bits per heavy atom. The molecule has 0 aliphatic heterocycles. The molecule has 19 heavy (non-hydrogen) atoms. The van der Waals surface area contributed by atoms with Crippen LogP contribution in [0.15, 0.2) is 22.7 Å². The van der Waals surface area contributed by atoms with Gasteiger partial charge >= 0.3 is 12.1 Å². The van der Waals surface area contributed by atoms with E-state index in [1.165, 1.54) is 12.1 Å². The number of hydrogen-bond donors (Lipinski definition) is 0. The summed E-state index contributed by atoms with van der Waals surface area (Å²) < 4.78 is 43.2. The van der Waals surface area contributed by atoms with Gasteiger partial charge in [-0.25, -0.2) is 0 Å². The molecule has 0 bridgehead atoms. The lowest BCUT2D eigenvalue weighted by atomic mass is 10.1. The highest BCUT2D eigenvalue weighted by Crippen LogP contribution is 2.33. The molecule has 0 aromatic heterocycles. The van der Waals surface area contributed by atoms with E-state index in [9.17, 15) is 18.0 Å². The van der Waals surface area contributed by atoms with Crippen molar-refractivity contribution in [1.82, 2.24) is 0 Å². The van der Waals surface area contributed by atoms with E-state index in [0.717, 1.165) is 6.07 Å². The molecular formula is C13H10BrF3O2. The van der Waals surface area contributed by atoms with E-state index in [1.54, 1.807) is 6.92 Å². The molecule has 6 heteroatoms. The minimum absolute atomic E-state index is 0.167. The van der Waals surface area contributed by atoms with Crippen LogP contribution >= 0.6 is 15.9 Å². The standard InChI is InChI=1S/C13H10BrF3O2/c1-2-19-12(18)5-3-4-9-6-7-10(14)8-11(9)13(15,16)17/h6-8H,2,5H2,1H3. The van der Waals surface area contributed by atoms with Crippen LogP contribution < -0.4 is 0 Å². The molecule has 0 spiro atoms. The molecule has 2 nitrogen and oxygen atoms in total. The minimum Gasteiger partial charge on any atom is -0.465 e. The van der Waals surface area contributed by atoms with E-state index in [0.29, 0.717) is 4.47 Å². The van der Waals surface area contributed by atoms with Gasteiger partial charge in [-0.05, 0) is 25.1 Å². The van der Waals surface area contributed by atoms with Gasteiger partial charge in [0.2, 0.25) is 0 Å². The number of carbonyl (C=O) groups is 1. The summed E-state index contributed by atoms with van der Waals surface area (Å²) >= 11 is 2.98. The van der Waals surface area contributed by atoms with Crippen LogP contribution in [0.4, 0.5) is 13.2 Å². The summed E-state index contributed by atoms with van der Waals surface area (Å²) in [4.78, 5) is 11.0. The summed E-state index contributed by atoms with van der Waals surface area (Å²) in [6, 6.07) is 3.67. The van der Waals surface area contributed by atoms with E-state index in [4.69, 9.17) is 0 Å². The van der Waals surface area contributed by atoms with E-state index in [2.05, 4.69) is 32.5 Å². The van der Waals surface area contributed by atoms with E-state index in [1.807, 2.05) is 0 Å². The number of esters is 1. The van der Waals surface area contributed by atoms with Crippen LogP contribution in [0.1, 0.15) is 24.5 Å². The van der Waals surface area contributed by atoms with Crippen LogP contribution in [0.2, 0.25) is 0 Å². The summed E-state index contributed by atoms with van der Waals surface area (Å²) in [6.07, 6.45) is -4.72. The summed E-state index contributed by atoms with van der Waals surface area (Å²) in [5.41, 5.74) is -1.00. The Bertz CT molecular complexity index is 527. The number of halogens is 4. The second kappa shape index (κ2) is 6.62. The number of carbonyl (C=O) groups excluding carboxylic acids is 1. The first-order valence-corrected chi connectivity index (χ1v) is 6.15. The third kappa shape index (κ3) is 4.95. The van der Waals surface area contributed by atoms with Crippen molar-refractivity contribution in [3.8, 4) is 11.8 Å². The summed E-state index contributed by atoms with van der Waals surface area (Å²) in [5, 5.41) is 0. The highest BCUT2D eigenvalue weighted by molar-refractivity contribution is 9.10. The fourth-order valence-corrected chi connectivity index (χ4v) is 1.64. The maximum atomic E-state index is 12.8. The largest absolute Gasteiger partial charge is 0.465 e. The highest BCUT2D eigenvalue weighted by Gasteiger charge is 2.33. The molecule has 0 saturated carbocycles. The summed E-state index contributed by atoms with van der Waals surface area (Å²) in [7, 11) is 0. The van der Waals surface area contributed by atoms with Gasteiger partial charge in [-0.1, -0.05) is 27.8 Å². The van der Waals surface area contributed by atoms with E-state index >= 15 is 0 Å². The SMILES string of the molecule is CCOC(=O)CC#Cc1ccc(Br)cc1C(F)(F)F. The monoisotopic (exact) mass is 334 g/mol. The quantitative estimate of drug-likeness (QED) is 0.607. The van der Waals surface area contributed by atoms with Gasteiger partial charge in [0.1, 0.15) is 6.42 Å². The van der Waals surface area contributed by atoms with Crippen molar-refractivity contribution in [2.75, 3.05) is 6.61 Å². The Balaban J connectivity index is 2.96. The first-order chi connectivity index (χ1) is 8.84. The van der Waals surface area contributed by atoms with Crippen LogP contribution in [0.5, 0.6) is 0 Å². The molecule has 1 aromatic rings. The lowest BCUT2D eigenvalue weighted by molar-refractivity contribution is -0.141. The van der Waals surface area contributed by atoms with Crippen molar-refractivity contribution in [1.29, 1.82) is 0 Å². The fraction of sp³-hybridized carbons (Fsp3) is 0.308. The Morgan fingerprint density at radius 1 is 1.42 bits per heavy atom. The van der Waals surface area contributed by atoms with Gasteiger partial charge in [0, 0.05) is 10.0 Å². The lowest BCUT2D eigenvalue weighted by Gasteiger charge is -2.09. The van der Waals surface area contributed by atoms with Gasteiger partial charge in [0.25, 0.3) is 0 Å². The Morgan fingerprint density at radius 3 is 2.68 bits per heavy atom. The zero-order valence-electron chi connectivity index (χ0n) is 9.97. The molecule has 0 N–H and O–H groups in total. The van der Waals surface area contributed by atoms with Crippen molar-refractivity contribution >= 4 is 21.9 Å². The van der Waals surface area contributed by atoms with E-state index < -0.39 is 17.7 Å². The molecule has 1 aromatic carbocycles. The molecule has 0 amide bonds. The van der Waals surface area contributed by atoms with E-state index in [-0.39, 0.29) is 18.6 Å². The summed E-state index contributed by atoms with van der Waals surface area (Å²) in [6.45, 7) is 1.86. The normalized spacial score (nSPS) is 10.6. The molecule has 0 aliphatic carbocycles. The predicted octanol–water partition coefficient (Wildman–Crippen LogP) is 3.77. The average Bonchev–Trinajstić information content (AvgIpc) is 2.30. The number of rotatable bonds is 2. The topological polar surface area (TPSA) is 26.3 Å². The maximum absolute atomic E-state index is 12.8. The highest BCUT2D eigenvalue weighted by atomic mass is 79.9. The Kier molecular flexibility index (Phi) is 5.43. The Labute approximate surface area is 117 Å². The van der Waals surface area contributed by atoms with Crippen LogP contribution in [-0.2, 0) is 15.7 Å². The van der Waals surface area contributed by atoms with Gasteiger partial charge < -0.3 is 4.74 Å². The van der Waals surface area contributed by atoms with Crippen LogP contribution in [0.25, 0.3) is 0 Å². The summed E-state index contributed by atoms with van der Waals surface area (Å²) in [5.74, 6) is 4.17. The molecular weight excluding hydrogens is 325 g/mol. The third-order valence-corrected chi connectivity index (χ3v) is 2.54. The number of hydrogen-bond acceptors (Lipinski definition) is 2. The first kappa shape index (κ1) is 15.6. The molecule has 0 unspecified atom stereocenters. The van der Waals surface area contributed by atoms with Crippen LogP contribution in [0, 0.1) is 11.8 Å². The van der Waals surface area contributed by atoms with Gasteiger partial charge in [0.05, 0.1) is 12.2 Å². The molecule has 0 saturated heterocycles. The molecule has 0 aliphatic rings. The molecule has 0 fully saturated rings. The van der Waals surface area contributed by atoms with Crippen molar-refractivity contribution in [2.45, 2.75) is 19.5 Å². The van der Waals surface area contributed by atoms with Gasteiger partial charge in [-0.3, -0.25) is 4.79 Å². The van der Waals surface area contributed by atoms with Gasteiger partial charge in [-0.2, -0.15) is 13.2 Å². The van der Waals surface area contributed by atoms with Crippen LogP contribution in [-0.4, -0.2) is 12.6 Å². The number of benzene rings is 1. The number of alkyl halides is 3. The van der Waals surface area contributed by atoms with Crippen LogP contribution in [0.3, 0.4) is 0 Å². The second-order valence-corrected chi connectivity index (χ2v) is 4.39. The zero-order valence-corrected chi connectivity index (χ0v) is 11.6. The van der Waals surface area contributed by atoms with Crippen molar-refractivity contribution in [2.24, 2.45) is 0 Å². The second-order valence-electron chi connectivity index (χ2n) is 3.47. The third-order valence-electron chi connectivity index (χ3n) is 2.05. The lowest BCUT2D eigenvalue weighted by Crippen LogP contribution is -2.07. The number of ether oxygens (including phenoxy) is 1. The predicted molar refractivity (Wildman–Crippen MR) is 67.3 cm³/mol. The molecule has 102 valence electrons. The minimum atomic E-state index is -4.49. The van der Waals surface area contributed by atoms with Crippen molar-refractivity contribution in [3.63, 3.8) is 0 Å². The van der Waals surface area contributed by atoms with Crippen molar-refractivity contribution < 1.29 is 22.7 Å². The van der Waals surface area contributed by atoms with Gasteiger partial charge in [-0.15, -0.1) is 0 Å². The van der Waals surface area contributed by atoms with Gasteiger partial charge in [0.15, 0.2) is 0 Å². The molecule has 0 heterocycles. The smallest absolute Gasteiger partial charge is 0.417 e. The van der Waals surface area contributed by atoms with Crippen molar-refractivity contribution in [3.05, 3.63) is 33.8 Å². The fourth-order valence-electron chi connectivity index (χ4n) is 1.28. The molecule has 0 atom stereocenters. The average molecular weight is 335 g/mol. The molecule has 0 radical (unpaired) electrons. The first-order valence-electron chi connectivity index (χ1n) is 5.36. The Hall–Kier alpha value is -1.48. The zero-order chi connectivity index (χ0) is 14.5. The molecule has 1 rings (SSSR count).